The lowest BCUT2D eigenvalue weighted by Gasteiger charge is -2.34. The molecular weight excluding hydrogens is 398 g/mol. The highest BCUT2D eigenvalue weighted by molar-refractivity contribution is 8.27. The minimum Gasteiger partial charge on any atom is -0.334 e. The van der Waals surface area contributed by atoms with E-state index >= 15 is 0 Å². The Morgan fingerprint density at radius 3 is 2.76 bits per heavy atom. The molecule has 2 N–H and O–H groups in total. The van der Waals surface area contributed by atoms with E-state index in [-0.39, 0.29) is 6.04 Å². The molecule has 29 heavy (non-hydrogen) atoms. The number of nitrogens with one attached hydrogen (secondary N) is 1. The van der Waals surface area contributed by atoms with Crippen LogP contribution in [0.1, 0.15) is 17.5 Å². The van der Waals surface area contributed by atoms with Gasteiger partial charge in [-0.25, -0.2) is 0 Å². The zero-order valence-electron chi connectivity index (χ0n) is 16.4. The summed E-state index contributed by atoms with van der Waals surface area (Å²) in [6.07, 6.45) is 2.85. The molecule has 0 bridgehead atoms. The lowest BCUT2D eigenvalue weighted by molar-refractivity contribution is 0.324. The molecule has 150 valence electrons. The Morgan fingerprint density at radius 2 is 2.03 bits per heavy atom. The fraction of sp³-hybridized carbons (Fsp3) is 0.261. The Balaban J connectivity index is 1.35. The third kappa shape index (κ3) is 4.89. The van der Waals surface area contributed by atoms with Gasteiger partial charge in [0.1, 0.15) is 0 Å². The van der Waals surface area contributed by atoms with Crippen molar-refractivity contribution in [1.29, 1.82) is 5.26 Å². The van der Waals surface area contributed by atoms with Gasteiger partial charge in [-0.3, -0.25) is 9.62 Å². The van der Waals surface area contributed by atoms with Crippen molar-refractivity contribution in [1.82, 2.24) is 9.62 Å². The molecule has 2 aromatic carbocycles. The molecule has 1 fully saturated rings. The Kier molecular flexibility index (Phi) is 6.04. The van der Waals surface area contributed by atoms with Gasteiger partial charge < -0.3 is 4.55 Å². The van der Waals surface area contributed by atoms with Gasteiger partial charge in [-0.05, 0) is 47.2 Å². The monoisotopic (exact) mass is 423 g/mol. The molecule has 0 amide bonds. The average Bonchev–Trinajstić information content (AvgIpc) is 3.41. The number of benzene rings is 2. The Bertz CT molecular complexity index is 994. The summed E-state index contributed by atoms with van der Waals surface area (Å²) in [7, 11) is -2.13. The van der Waals surface area contributed by atoms with E-state index in [1.165, 1.54) is 16.0 Å². The van der Waals surface area contributed by atoms with E-state index < -0.39 is 10.5 Å². The van der Waals surface area contributed by atoms with Crippen molar-refractivity contribution in [3.63, 3.8) is 0 Å². The van der Waals surface area contributed by atoms with Crippen molar-refractivity contribution in [2.45, 2.75) is 23.9 Å². The summed E-state index contributed by atoms with van der Waals surface area (Å²) in [6, 6.07) is 22.7. The van der Waals surface area contributed by atoms with Gasteiger partial charge in [-0.2, -0.15) is 5.26 Å². The minimum atomic E-state index is -2.13. The summed E-state index contributed by atoms with van der Waals surface area (Å²) in [4.78, 5) is 4.53. The van der Waals surface area contributed by atoms with Gasteiger partial charge in [-0.1, -0.05) is 46.9 Å². The Morgan fingerprint density at radius 1 is 1.21 bits per heavy atom. The van der Waals surface area contributed by atoms with E-state index in [9.17, 15) is 4.55 Å². The van der Waals surface area contributed by atoms with Crippen LogP contribution < -0.4 is 4.72 Å². The summed E-state index contributed by atoms with van der Waals surface area (Å²) >= 11 is 1.76. The van der Waals surface area contributed by atoms with Crippen molar-refractivity contribution in [2.75, 3.05) is 19.3 Å². The third-order valence-corrected chi connectivity index (χ3v) is 8.14. The van der Waals surface area contributed by atoms with Crippen LogP contribution in [-0.4, -0.2) is 34.8 Å². The van der Waals surface area contributed by atoms with Crippen molar-refractivity contribution < 1.29 is 4.55 Å². The number of rotatable bonds is 6. The summed E-state index contributed by atoms with van der Waals surface area (Å²) in [6.45, 7) is 2.84. The second kappa shape index (κ2) is 8.70. The van der Waals surface area contributed by atoms with Crippen LogP contribution in [0.3, 0.4) is 0 Å². The molecule has 0 spiro atoms. The number of thiophene rings is 1. The van der Waals surface area contributed by atoms with Crippen molar-refractivity contribution >= 4 is 21.8 Å². The first-order chi connectivity index (χ1) is 14.0. The van der Waals surface area contributed by atoms with Gasteiger partial charge in [-0.15, -0.1) is 11.3 Å². The van der Waals surface area contributed by atoms with Gasteiger partial charge in [0.25, 0.3) is 0 Å². The molecule has 1 aromatic heterocycles. The van der Waals surface area contributed by atoms with Crippen molar-refractivity contribution in [3.8, 4) is 16.5 Å². The van der Waals surface area contributed by atoms with Crippen LogP contribution in [0.5, 0.6) is 0 Å². The normalized spacial score (nSPS) is 20.1. The molecule has 2 heterocycles. The topological polar surface area (TPSA) is 59.3 Å². The minimum absolute atomic E-state index is 0.246. The summed E-state index contributed by atoms with van der Waals surface area (Å²) in [5.41, 5.74) is 3.16. The molecule has 4 nitrogen and oxygen atoms in total. The lowest BCUT2D eigenvalue weighted by Crippen LogP contribution is -2.34. The molecule has 0 saturated carbocycles. The van der Waals surface area contributed by atoms with Crippen LogP contribution in [-0.2, 0) is 6.54 Å². The van der Waals surface area contributed by atoms with E-state index in [0.717, 1.165) is 31.0 Å². The molecule has 0 aliphatic carbocycles. The molecule has 0 radical (unpaired) electrons. The van der Waals surface area contributed by atoms with Gasteiger partial charge in [0.15, 0.2) is 0 Å². The molecule has 6 heteroatoms. The first-order valence-corrected chi connectivity index (χ1v) is 12.5. The highest BCUT2D eigenvalue weighted by Gasteiger charge is 2.28. The maximum Gasteiger partial charge on any atom is 0.0992 e. The SMILES string of the molecule is CS(O)(NC1CCN(Cc2ccc(-c3cccs3)cc2)C1)c1cccc(C#N)c1. The van der Waals surface area contributed by atoms with Crippen LogP contribution in [0.25, 0.3) is 10.4 Å². The standard InChI is InChI=1S/C23H25N3OS2/c1-29(27,22-5-2-4-19(14-22)15-24)25-21-11-12-26(17-21)16-18-7-9-20(10-8-18)23-6-3-13-28-23/h2-10,13-14,21,25,27H,11-12,16-17H2,1H3. The number of nitrogens with zero attached hydrogens (tertiary/aromatic N) is 2. The Hall–Kier alpha value is -2.14. The highest BCUT2D eigenvalue weighted by Crippen LogP contribution is 2.45. The molecular formula is C23H25N3OS2. The molecule has 2 unspecified atom stereocenters. The number of nitriles is 1. The second-order valence-corrected chi connectivity index (χ2v) is 10.9. The molecule has 1 aliphatic rings. The van der Waals surface area contributed by atoms with Crippen LogP contribution in [0.4, 0.5) is 0 Å². The molecule has 4 rings (SSSR count). The number of hydrogen-bond donors (Lipinski definition) is 2. The fourth-order valence-electron chi connectivity index (χ4n) is 3.75. The summed E-state index contributed by atoms with van der Waals surface area (Å²) in [5, 5.41) is 11.2. The van der Waals surface area contributed by atoms with E-state index in [0.29, 0.717) is 5.56 Å². The Labute approximate surface area is 178 Å². The smallest absolute Gasteiger partial charge is 0.0992 e. The van der Waals surface area contributed by atoms with E-state index in [2.05, 4.69) is 57.5 Å². The van der Waals surface area contributed by atoms with Crippen LogP contribution in [0, 0.1) is 11.3 Å². The maximum absolute atomic E-state index is 11.0. The third-order valence-electron chi connectivity index (χ3n) is 5.26. The summed E-state index contributed by atoms with van der Waals surface area (Å²) in [5.74, 6) is 0. The fourth-order valence-corrected chi connectivity index (χ4v) is 6.16. The van der Waals surface area contributed by atoms with E-state index in [1.54, 1.807) is 23.5 Å². The van der Waals surface area contributed by atoms with Crippen LogP contribution in [0.15, 0.2) is 70.9 Å². The van der Waals surface area contributed by atoms with Gasteiger partial charge in [0.05, 0.1) is 11.6 Å². The van der Waals surface area contributed by atoms with Crippen LogP contribution in [0.2, 0.25) is 0 Å². The second-order valence-electron chi connectivity index (χ2n) is 7.53. The molecule has 1 saturated heterocycles. The van der Waals surface area contributed by atoms with Gasteiger partial charge >= 0.3 is 0 Å². The predicted octanol–water partition coefficient (Wildman–Crippen LogP) is 5.33. The zero-order chi connectivity index (χ0) is 20.3. The van der Waals surface area contributed by atoms with Crippen molar-refractivity contribution in [3.05, 3.63) is 77.2 Å². The number of likely N-dealkylation sites (tertiary alicyclic amines) is 1. The molecule has 2 atom stereocenters. The van der Waals surface area contributed by atoms with Crippen molar-refractivity contribution in [2.24, 2.45) is 0 Å². The first-order valence-electron chi connectivity index (χ1n) is 9.67. The largest absolute Gasteiger partial charge is 0.334 e. The molecule has 3 aromatic rings. The highest BCUT2D eigenvalue weighted by atomic mass is 32.3. The predicted molar refractivity (Wildman–Crippen MR) is 122 cm³/mol. The zero-order valence-corrected chi connectivity index (χ0v) is 18.0. The van der Waals surface area contributed by atoms with Crippen LogP contribution >= 0.6 is 21.8 Å². The number of hydrogen-bond acceptors (Lipinski definition) is 5. The van der Waals surface area contributed by atoms with Gasteiger partial charge in [0.2, 0.25) is 0 Å². The van der Waals surface area contributed by atoms with E-state index in [4.69, 9.17) is 5.26 Å². The summed E-state index contributed by atoms with van der Waals surface area (Å²) < 4.78 is 14.5. The van der Waals surface area contributed by atoms with Gasteiger partial charge in [0, 0.05) is 41.7 Å². The average molecular weight is 424 g/mol. The maximum atomic E-state index is 11.0. The quantitative estimate of drug-likeness (QED) is 0.562. The molecule has 1 aliphatic heterocycles. The lowest BCUT2D eigenvalue weighted by atomic mass is 10.1. The first kappa shape index (κ1) is 20.1. The van der Waals surface area contributed by atoms with E-state index in [1.807, 2.05) is 18.4 Å².